The van der Waals surface area contributed by atoms with Crippen LogP contribution in [-0.4, -0.2) is 45.8 Å². The quantitative estimate of drug-likeness (QED) is 0.583. The fraction of sp³-hybridized carbons (Fsp3) is 0.250. The minimum atomic E-state index is -3.60. The number of hydrogen-bond donors (Lipinski definition) is 0. The summed E-state index contributed by atoms with van der Waals surface area (Å²) in [4.78, 5) is 12.6. The molecule has 0 unspecified atom stereocenters. The fourth-order valence-corrected chi connectivity index (χ4v) is 3.58. The standard InChI is InChI=1S/C20H21NO5S/c1-21(2)27(23,24)17-8-3-7-16(14-17)18(22)11-10-15-6-4-9-19-20(15)26-13-5-12-25-19/h3-4,6-11,14H,5,12-13H2,1-2H3/b11-10+. The number of sulfonamides is 1. The number of carbonyl (C=O) groups excluding carboxylic acids is 1. The van der Waals surface area contributed by atoms with E-state index in [2.05, 4.69) is 0 Å². The van der Waals surface area contributed by atoms with E-state index in [-0.39, 0.29) is 10.7 Å². The summed E-state index contributed by atoms with van der Waals surface area (Å²) in [5.74, 6) is 0.974. The van der Waals surface area contributed by atoms with Crippen molar-refractivity contribution < 1.29 is 22.7 Å². The number of hydrogen-bond acceptors (Lipinski definition) is 5. The molecule has 0 amide bonds. The van der Waals surface area contributed by atoms with Crippen molar-refractivity contribution in [3.05, 3.63) is 59.7 Å². The first-order valence-corrected chi connectivity index (χ1v) is 9.97. The van der Waals surface area contributed by atoms with Gasteiger partial charge in [-0.05, 0) is 30.4 Å². The molecule has 0 aliphatic carbocycles. The summed E-state index contributed by atoms with van der Waals surface area (Å²) in [6, 6.07) is 11.5. The van der Waals surface area contributed by atoms with Gasteiger partial charge < -0.3 is 9.47 Å². The van der Waals surface area contributed by atoms with Crippen molar-refractivity contribution in [1.29, 1.82) is 0 Å². The Morgan fingerprint density at radius 1 is 1.07 bits per heavy atom. The molecule has 1 heterocycles. The van der Waals surface area contributed by atoms with Gasteiger partial charge in [-0.25, -0.2) is 12.7 Å². The predicted molar refractivity (Wildman–Crippen MR) is 103 cm³/mol. The lowest BCUT2D eigenvalue weighted by Crippen LogP contribution is -2.22. The van der Waals surface area contributed by atoms with Crippen molar-refractivity contribution in [2.75, 3.05) is 27.3 Å². The fourth-order valence-electron chi connectivity index (χ4n) is 2.63. The van der Waals surface area contributed by atoms with Crippen molar-refractivity contribution >= 4 is 21.9 Å². The Bertz CT molecular complexity index is 980. The van der Waals surface area contributed by atoms with Gasteiger partial charge in [-0.3, -0.25) is 4.79 Å². The minimum absolute atomic E-state index is 0.0806. The van der Waals surface area contributed by atoms with Crippen molar-refractivity contribution in [2.24, 2.45) is 0 Å². The number of carbonyl (C=O) groups is 1. The molecule has 0 saturated carbocycles. The normalized spacial score (nSPS) is 14.3. The van der Waals surface area contributed by atoms with Gasteiger partial charge in [-0.2, -0.15) is 0 Å². The number of fused-ring (bicyclic) bond motifs is 1. The maximum absolute atomic E-state index is 12.5. The van der Waals surface area contributed by atoms with Gasteiger partial charge in [0, 0.05) is 31.6 Å². The summed E-state index contributed by atoms with van der Waals surface area (Å²) in [7, 11) is -0.693. The van der Waals surface area contributed by atoms with Crippen LogP contribution in [0.2, 0.25) is 0 Å². The summed E-state index contributed by atoms with van der Waals surface area (Å²) >= 11 is 0. The molecule has 0 radical (unpaired) electrons. The second-order valence-electron chi connectivity index (χ2n) is 6.24. The van der Waals surface area contributed by atoms with Crippen LogP contribution in [0.1, 0.15) is 22.3 Å². The summed E-state index contributed by atoms with van der Waals surface area (Å²) < 4.78 is 37.0. The molecule has 2 aromatic carbocycles. The number of rotatable bonds is 5. The van der Waals surface area contributed by atoms with E-state index in [1.54, 1.807) is 18.2 Å². The zero-order valence-corrected chi connectivity index (χ0v) is 16.0. The van der Waals surface area contributed by atoms with Crippen molar-refractivity contribution in [3.63, 3.8) is 0 Å². The Kier molecular flexibility index (Phi) is 5.62. The van der Waals surface area contributed by atoms with Gasteiger partial charge in [0.05, 0.1) is 18.1 Å². The molecule has 2 aromatic rings. The number of allylic oxidation sites excluding steroid dienone is 1. The third-order valence-electron chi connectivity index (χ3n) is 4.11. The summed E-state index contributed by atoms with van der Waals surface area (Å²) in [5.41, 5.74) is 1.04. The van der Waals surface area contributed by atoms with Crippen LogP contribution >= 0.6 is 0 Å². The molecule has 0 spiro atoms. The number of nitrogens with zero attached hydrogens (tertiary/aromatic N) is 1. The molecule has 0 bridgehead atoms. The molecule has 6 nitrogen and oxygen atoms in total. The highest BCUT2D eigenvalue weighted by Gasteiger charge is 2.18. The van der Waals surface area contributed by atoms with Crippen LogP contribution in [0, 0.1) is 0 Å². The molecule has 7 heteroatoms. The third kappa shape index (κ3) is 4.20. The minimum Gasteiger partial charge on any atom is -0.490 e. The molecule has 1 aliphatic rings. The average molecular weight is 387 g/mol. The molecule has 142 valence electrons. The van der Waals surface area contributed by atoms with Gasteiger partial charge in [0.2, 0.25) is 10.0 Å². The zero-order chi connectivity index (χ0) is 19.4. The van der Waals surface area contributed by atoms with Crippen molar-refractivity contribution in [3.8, 4) is 11.5 Å². The maximum Gasteiger partial charge on any atom is 0.242 e. The predicted octanol–water partition coefficient (Wildman–Crippen LogP) is 2.99. The van der Waals surface area contributed by atoms with Crippen molar-refractivity contribution in [1.82, 2.24) is 4.31 Å². The molecule has 27 heavy (non-hydrogen) atoms. The largest absolute Gasteiger partial charge is 0.490 e. The third-order valence-corrected chi connectivity index (χ3v) is 5.92. The highest BCUT2D eigenvalue weighted by Crippen LogP contribution is 2.34. The molecule has 0 N–H and O–H groups in total. The number of ketones is 1. The topological polar surface area (TPSA) is 72.9 Å². The highest BCUT2D eigenvalue weighted by molar-refractivity contribution is 7.89. The SMILES string of the molecule is CN(C)S(=O)(=O)c1cccc(C(=O)/C=C/c2cccc3c2OCCCO3)c1. The Labute approximate surface area is 159 Å². The van der Waals surface area contributed by atoms with Gasteiger partial charge in [0.15, 0.2) is 17.3 Å². The van der Waals surface area contributed by atoms with Crippen LogP contribution in [-0.2, 0) is 10.0 Å². The molecular formula is C20H21NO5S. The lowest BCUT2D eigenvalue weighted by molar-refractivity contribution is 0.104. The molecule has 3 rings (SSSR count). The summed E-state index contributed by atoms with van der Waals surface area (Å²) in [6.07, 6.45) is 3.86. The summed E-state index contributed by atoms with van der Waals surface area (Å²) in [5, 5.41) is 0. The van der Waals surface area contributed by atoms with E-state index in [4.69, 9.17) is 9.47 Å². The van der Waals surface area contributed by atoms with Gasteiger partial charge in [-0.15, -0.1) is 0 Å². The molecule has 0 atom stereocenters. The molecule has 0 saturated heterocycles. The number of para-hydroxylation sites is 1. The maximum atomic E-state index is 12.5. The first-order chi connectivity index (χ1) is 12.9. The monoisotopic (exact) mass is 387 g/mol. The van der Waals surface area contributed by atoms with Crippen molar-refractivity contribution in [2.45, 2.75) is 11.3 Å². The van der Waals surface area contributed by atoms with Crippen LogP contribution in [0.15, 0.2) is 53.4 Å². The van der Waals surface area contributed by atoms with Crippen LogP contribution < -0.4 is 9.47 Å². The summed E-state index contributed by atoms with van der Waals surface area (Å²) in [6.45, 7) is 1.14. The smallest absolute Gasteiger partial charge is 0.242 e. The second kappa shape index (κ2) is 7.94. The average Bonchev–Trinajstić information content (AvgIpc) is 2.92. The van der Waals surface area contributed by atoms with Crippen LogP contribution in [0.3, 0.4) is 0 Å². The van der Waals surface area contributed by atoms with Gasteiger partial charge in [0.25, 0.3) is 0 Å². The van der Waals surface area contributed by atoms with E-state index in [0.29, 0.717) is 30.3 Å². The van der Waals surface area contributed by atoms with Crippen LogP contribution in [0.25, 0.3) is 6.08 Å². The Balaban J connectivity index is 1.87. The van der Waals surface area contributed by atoms with E-state index in [1.165, 1.54) is 32.3 Å². The Morgan fingerprint density at radius 2 is 1.81 bits per heavy atom. The zero-order valence-electron chi connectivity index (χ0n) is 15.2. The molecule has 1 aliphatic heterocycles. The van der Waals surface area contributed by atoms with E-state index in [9.17, 15) is 13.2 Å². The lowest BCUT2D eigenvalue weighted by atomic mass is 10.1. The number of benzene rings is 2. The van der Waals surface area contributed by atoms with E-state index >= 15 is 0 Å². The van der Waals surface area contributed by atoms with Gasteiger partial charge >= 0.3 is 0 Å². The van der Waals surface area contributed by atoms with Gasteiger partial charge in [-0.1, -0.05) is 24.3 Å². The first-order valence-electron chi connectivity index (χ1n) is 8.53. The molecular weight excluding hydrogens is 366 g/mol. The van der Waals surface area contributed by atoms with E-state index in [1.807, 2.05) is 18.2 Å². The Hall–Kier alpha value is -2.64. The Morgan fingerprint density at radius 3 is 2.59 bits per heavy atom. The molecule has 0 aromatic heterocycles. The molecule has 0 fully saturated rings. The van der Waals surface area contributed by atoms with Gasteiger partial charge in [0.1, 0.15) is 0 Å². The lowest BCUT2D eigenvalue weighted by Gasteiger charge is -2.11. The van der Waals surface area contributed by atoms with Crippen LogP contribution in [0.4, 0.5) is 0 Å². The van der Waals surface area contributed by atoms with Crippen LogP contribution in [0.5, 0.6) is 11.5 Å². The van der Waals surface area contributed by atoms with E-state index in [0.717, 1.165) is 16.3 Å². The highest BCUT2D eigenvalue weighted by atomic mass is 32.2. The number of ether oxygens (including phenoxy) is 2. The first kappa shape index (κ1) is 19.1. The second-order valence-corrected chi connectivity index (χ2v) is 8.39. The van der Waals surface area contributed by atoms with E-state index < -0.39 is 10.0 Å².